The number of alkyl halides is 3. The van der Waals surface area contributed by atoms with Crippen molar-refractivity contribution in [2.75, 3.05) is 11.3 Å². The van der Waals surface area contributed by atoms with Crippen LogP contribution >= 0.6 is 27.5 Å². The summed E-state index contributed by atoms with van der Waals surface area (Å²) >= 11 is 9.95. The quantitative estimate of drug-likeness (QED) is 0.211. The molecule has 1 aromatic carbocycles. The van der Waals surface area contributed by atoms with Gasteiger partial charge in [0.25, 0.3) is 5.91 Å². The van der Waals surface area contributed by atoms with Crippen LogP contribution in [-0.2, 0) is 23.0 Å². The Labute approximate surface area is 236 Å². The van der Waals surface area contributed by atoms with Gasteiger partial charge >= 0.3 is 15.5 Å². The van der Waals surface area contributed by atoms with Crippen molar-refractivity contribution in [2.24, 2.45) is 0 Å². The number of benzene rings is 1. The Morgan fingerprint density at radius 3 is 2.54 bits per heavy atom. The molecule has 2 aromatic rings. The van der Waals surface area contributed by atoms with E-state index in [4.69, 9.17) is 16.0 Å². The van der Waals surface area contributed by atoms with Crippen LogP contribution in [0.5, 0.6) is 0 Å². The van der Waals surface area contributed by atoms with Gasteiger partial charge in [-0.2, -0.15) is 21.6 Å². The normalized spacial score (nSPS) is 12.2. The molecule has 208 valence electrons. The number of imidazole rings is 1. The minimum absolute atomic E-state index is 0.0224. The van der Waals surface area contributed by atoms with Crippen molar-refractivity contribution in [1.82, 2.24) is 14.9 Å². The van der Waals surface area contributed by atoms with E-state index in [1.807, 2.05) is 6.92 Å². The summed E-state index contributed by atoms with van der Waals surface area (Å²) in [6, 6.07) is 7.44. The highest BCUT2D eigenvalue weighted by atomic mass is 79.9. The van der Waals surface area contributed by atoms with Crippen molar-refractivity contribution in [3.63, 3.8) is 0 Å². The lowest BCUT2D eigenvalue weighted by molar-refractivity contribution is -0.0429. The first-order valence-corrected chi connectivity index (χ1v) is 14.4. The molecule has 2 N–H and O–H groups in total. The second-order valence-electron chi connectivity index (χ2n) is 8.51. The molecule has 39 heavy (non-hydrogen) atoms. The number of amides is 1. The molecule has 1 aliphatic carbocycles. The monoisotopic (exact) mass is 646 g/mol. The summed E-state index contributed by atoms with van der Waals surface area (Å²) in [6.45, 7) is 4.13. The van der Waals surface area contributed by atoms with E-state index in [9.17, 15) is 26.4 Å². The number of aryl methyl sites for hydroxylation is 1. The van der Waals surface area contributed by atoms with Crippen molar-refractivity contribution < 1.29 is 30.8 Å². The minimum Gasteiger partial charge on any atom is -0.472 e. The number of hydrogen-bond acceptors (Lipinski definition) is 5. The van der Waals surface area contributed by atoms with Crippen LogP contribution < -0.4 is 10.0 Å². The van der Waals surface area contributed by atoms with Gasteiger partial charge in [-0.3, -0.25) is 9.52 Å². The fourth-order valence-electron chi connectivity index (χ4n) is 4.31. The summed E-state index contributed by atoms with van der Waals surface area (Å²) in [5, 5.41) is 2.75. The fraction of sp³-hybridized carbons (Fsp3) is 0.280. The maximum absolute atomic E-state index is 13.2. The third-order valence-electron chi connectivity index (χ3n) is 5.96. The molecule has 0 radical (unpaired) electrons. The molecule has 2 aliphatic rings. The topological polar surface area (TPSA) is 106 Å². The molecule has 0 spiro atoms. The second-order valence-corrected chi connectivity index (χ2v) is 11.3. The predicted molar refractivity (Wildman–Crippen MR) is 145 cm³/mol. The molecule has 0 unspecified atom stereocenters. The van der Waals surface area contributed by atoms with Crippen LogP contribution in [0.4, 0.5) is 18.9 Å². The molecule has 4 rings (SSSR count). The highest BCUT2D eigenvalue weighted by Crippen LogP contribution is 2.48. The molecule has 0 bridgehead atoms. The Morgan fingerprint density at radius 2 is 1.87 bits per heavy atom. The van der Waals surface area contributed by atoms with E-state index in [1.54, 1.807) is 28.3 Å². The van der Waals surface area contributed by atoms with Crippen LogP contribution in [0, 0.1) is 0 Å². The van der Waals surface area contributed by atoms with Gasteiger partial charge in [0.2, 0.25) is 0 Å². The van der Waals surface area contributed by atoms with E-state index < -0.39 is 21.4 Å². The number of carbonyl (C=O) groups is 1. The van der Waals surface area contributed by atoms with Crippen LogP contribution in [0.2, 0.25) is 5.15 Å². The van der Waals surface area contributed by atoms with E-state index in [0.717, 1.165) is 0 Å². The van der Waals surface area contributed by atoms with Crippen molar-refractivity contribution >= 4 is 49.1 Å². The molecule has 0 atom stereocenters. The standard InChI is InChI=1S/C25H23BrClF3N4O4S/c1-3-7-19-32-23(27)22(24(35)31-4-2)34(19)12-16-14-10-11-38-13-17(14)21(26)20(16)15-8-5-6-9-18(15)33-39(36,37)25(28,29)30/h5-6,8-11,13,33H,3-4,7,12H2,1-2H3,(H,31,35). The average molecular weight is 648 g/mol. The van der Waals surface area contributed by atoms with E-state index in [0.29, 0.717) is 51.9 Å². The van der Waals surface area contributed by atoms with Crippen LogP contribution in [0.15, 0.2) is 51.7 Å². The summed E-state index contributed by atoms with van der Waals surface area (Å²) in [4.78, 5) is 17.4. The number of nitrogens with one attached hydrogen (secondary N) is 2. The molecular weight excluding hydrogens is 625 g/mol. The summed E-state index contributed by atoms with van der Waals surface area (Å²) in [7, 11) is -5.70. The Kier molecular flexibility index (Phi) is 8.33. The van der Waals surface area contributed by atoms with Crippen LogP contribution in [0.25, 0.3) is 22.3 Å². The van der Waals surface area contributed by atoms with E-state index in [2.05, 4.69) is 26.2 Å². The first-order valence-electron chi connectivity index (χ1n) is 11.8. The van der Waals surface area contributed by atoms with Crippen LogP contribution in [-0.4, -0.2) is 35.9 Å². The zero-order chi connectivity index (χ0) is 28.5. The number of aromatic nitrogens is 2. The van der Waals surface area contributed by atoms with Crippen LogP contribution in [0.3, 0.4) is 0 Å². The maximum Gasteiger partial charge on any atom is 0.516 e. The first-order chi connectivity index (χ1) is 18.4. The molecule has 14 heteroatoms. The number of sulfonamides is 1. The Morgan fingerprint density at radius 1 is 1.15 bits per heavy atom. The number of rotatable bonds is 9. The SMILES string of the molecule is CCCc1nc(Cl)c(C(=O)NCC)n1Cc1c2ccocc-2c(Br)c1-c1ccccc1NS(=O)(=O)C(F)(F)F. The predicted octanol–water partition coefficient (Wildman–Crippen LogP) is 6.68. The van der Waals surface area contributed by atoms with Gasteiger partial charge in [-0.25, -0.2) is 4.98 Å². The number of anilines is 1. The van der Waals surface area contributed by atoms with E-state index in [1.165, 1.54) is 30.7 Å². The van der Waals surface area contributed by atoms with Crippen LogP contribution in [0.1, 0.15) is 42.1 Å². The first kappa shape index (κ1) is 29.0. The number of hydrogen-bond donors (Lipinski definition) is 2. The summed E-state index contributed by atoms with van der Waals surface area (Å²) in [6.07, 6.45) is 4.12. The lowest BCUT2D eigenvalue weighted by Gasteiger charge is -2.17. The number of carbonyl (C=O) groups excluding carboxylic acids is 1. The molecular formula is C25H23BrClF3N4O4S. The second kappa shape index (κ2) is 11.2. The Bertz CT molecular complexity index is 1600. The maximum atomic E-state index is 13.2. The Balaban J connectivity index is 1.97. The van der Waals surface area contributed by atoms with Crippen molar-refractivity contribution in [3.05, 3.63) is 69.6 Å². The van der Waals surface area contributed by atoms with Gasteiger partial charge in [-0.05, 0) is 52.5 Å². The van der Waals surface area contributed by atoms with Crippen molar-refractivity contribution in [2.45, 2.75) is 38.7 Å². The zero-order valence-electron chi connectivity index (χ0n) is 20.7. The molecule has 1 aromatic heterocycles. The van der Waals surface area contributed by atoms with Crippen molar-refractivity contribution in [3.8, 4) is 22.3 Å². The number of halogens is 5. The molecule has 0 fully saturated rings. The van der Waals surface area contributed by atoms with Crippen molar-refractivity contribution in [1.29, 1.82) is 0 Å². The van der Waals surface area contributed by atoms with Gasteiger partial charge in [-0.1, -0.05) is 36.7 Å². The van der Waals surface area contributed by atoms with Gasteiger partial charge in [0.05, 0.1) is 24.8 Å². The van der Waals surface area contributed by atoms with Gasteiger partial charge < -0.3 is 14.3 Å². The lowest BCUT2D eigenvalue weighted by Crippen LogP contribution is -2.30. The molecule has 8 nitrogen and oxygen atoms in total. The average Bonchev–Trinajstić information content (AvgIpc) is 3.32. The summed E-state index contributed by atoms with van der Waals surface area (Å²) < 4.78 is 72.9. The van der Waals surface area contributed by atoms with Gasteiger partial charge in [0.1, 0.15) is 11.5 Å². The number of para-hydroxylation sites is 1. The summed E-state index contributed by atoms with van der Waals surface area (Å²) in [5.41, 5.74) is -3.18. The Hall–Kier alpha value is -3.03. The zero-order valence-corrected chi connectivity index (χ0v) is 23.9. The fourth-order valence-corrected chi connectivity index (χ4v) is 5.94. The molecule has 0 saturated carbocycles. The molecule has 1 amide bonds. The number of fused-ring (bicyclic) bond motifs is 1. The third kappa shape index (κ3) is 5.52. The molecule has 0 saturated heterocycles. The van der Waals surface area contributed by atoms with E-state index >= 15 is 0 Å². The van der Waals surface area contributed by atoms with Gasteiger partial charge in [0, 0.05) is 34.1 Å². The van der Waals surface area contributed by atoms with Gasteiger partial charge in [0.15, 0.2) is 5.15 Å². The minimum atomic E-state index is -5.70. The third-order valence-corrected chi connectivity index (χ3v) is 8.15. The van der Waals surface area contributed by atoms with Gasteiger partial charge in [-0.15, -0.1) is 0 Å². The number of nitrogens with zero attached hydrogens (tertiary/aromatic N) is 2. The van der Waals surface area contributed by atoms with E-state index in [-0.39, 0.29) is 28.6 Å². The largest absolute Gasteiger partial charge is 0.516 e. The molecule has 1 aliphatic heterocycles. The highest BCUT2D eigenvalue weighted by Gasteiger charge is 2.46. The lowest BCUT2D eigenvalue weighted by atomic mass is 10.0. The smallest absolute Gasteiger partial charge is 0.472 e. The summed E-state index contributed by atoms with van der Waals surface area (Å²) in [5.74, 6) is 0.119. The molecule has 2 heterocycles. The highest BCUT2D eigenvalue weighted by molar-refractivity contribution is 9.10.